The molecule has 1 aromatic rings. The third kappa shape index (κ3) is 4.98. The molecule has 1 aliphatic rings. The summed E-state index contributed by atoms with van der Waals surface area (Å²) in [5.41, 5.74) is 0.0166. The van der Waals surface area contributed by atoms with E-state index in [0.717, 1.165) is 31.1 Å². The zero-order valence-electron chi connectivity index (χ0n) is 11.0. The number of benzene rings is 1. The molecule has 1 saturated carbocycles. The summed E-state index contributed by atoms with van der Waals surface area (Å²) in [5, 5.41) is 3.10. The Balaban J connectivity index is 1.72. The van der Waals surface area contributed by atoms with E-state index in [1.807, 2.05) is 0 Å². The molecule has 0 heterocycles. The van der Waals surface area contributed by atoms with Crippen LogP contribution in [0.15, 0.2) is 22.7 Å². The molecule has 0 aliphatic heterocycles. The summed E-state index contributed by atoms with van der Waals surface area (Å²) in [6, 6.07) is 3.61. The van der Waals surface area contributed by atoms with E-state index >= 15 is 0 Å². The summed E-state index contributed by atoms with van der Waals surface area (Å²) in [5.74, 6) is 0.756. The lowest BCUT2D eigenvalue weighted by atomic mass is 10.2. The Morgan fingerprint density at radius 3 is 2.65 bits per heavy atom. The molecule has 1 aromatic carbocycles. The molecule has 112 valence electrons. The maximum atomic E-state index is 12.5. The minimum absolute atomic E-state index is 0.422. The zero-order valence-corrected chi connectivity index (χ0v) is 12.6. The predicted molar refractivity (Wildman–Crippen MR) is 75.8 cm³/mol. The summed E-state index contributed by atoms with van der Waals surface area (Å²) in [6.07, 6.45) is -0.925. The maximum Gasteiger partial charge on any atom is 0.416 e. The standard InChI is InChI=1S/C14H17BrF3NO/c15-12-8-11(14(16,17)18)4-5-13(12)19-6-1-7-20-9-10-2-3-10/h4-5,8,10,19H,1-3,6-7,9H2. The summed E-state index contributed by atoms with van der Waals surface area (Å²) < 4.78 is 43.4. The molecule has 0 amide bonds. The van der Waals surface area contributed by atoms with Crippen LogP contribution >= 0.6 is 15.9 Å². The first-order chi connectivity index (χ1) is 9.47. The highest BCUT2D eigenvalue weighted by Crippen LogP contribution is 2.33. The van der Waals surface area contributed by atoms with Crippen molar-refractivity contribution in [1.29, 1.82) is 0 Å². The molecular weight excluding hydrogens is 335 g/mol. The Labute approximate surface area is 124 Å². The fraction of sp³-hybridized carbons (Fsp3) is 0.571. The van der Waals surface area contributed by atoms with Crippen LogP contribution in [0.2, 0.25) is 0 Å². The van der Waals surface area contributed by atoms with Crippen molar-refractivity contribution in [2.75, 3.05) is 25.1 Å². The van der Waals surface area contributed by atoms with Crippen LogP contribution in [-0.4, -0.2) is 19.8 Å². The van der Waals surface area contributed by atoms with Gasteiger partial charge in [-0.25, -0.2) is 0 Å². The Morgan fingerprint density at radius 1 is 1.30 bits per heavy atom. The lowest BCUT2D eigenvalue weighted by Crippen LogP contribution is -2.09. The fourth-order valence-corrected chi connectivity index (χ4v) is 2.29. The van der Waals surface area contributed by atoms with Gasteiger partial charge in [0.2, 0.25) is 0 Å². The second-order valence-corrected chi connectivity index (χ2v) is 5.85. The van der Waals surface area contributed by atoms with E-state index in [-0.39, 0.29) is 0 Å². The predicted octanol–water partition coefficient (Wildman–Crippen LogP) is 4.70. The minimum Gasteiger partial charge on any atom is -0.384 e. The monoisotopic (exact) mass is 351 g/mol. The van der Waals surface area contributed by atoms with Crippen molar-refractivity contribution in [2.45, 2.75) is 25.4 Å². The lowest BCUT2D eigenvalue weighted by Gasteiger charge is -2.12. The Hall–Kier alpha value is -0.750. The summed E-state index contributed by atoms with van der Waals surface area (Å²) in [7, 11) is 0. The normalized spacial score (nSPS) is 15.4. The molecule has 1 N–H and O–H groups in total. The van der Waals surface area contributed by atoms with Gasteiger partial charge in [-0.15, -0.1) is 0 Å². The smallest absolute Gasteiger partial charge is 0.384 e. The van der Waals surface area contributed by atoms with Gasteiger partial charge in [-0.05, 0) is 59.3 Å². The number of hydrogen-bond acceptors (Lipinski definition) is 2. The van der Waals surface area contributed by atoms with Gasteiger partial charge in [0, 0.05) is 29.9 Å². The van der Waals surface area contributed by atoms with Gasteiger partial charge in [0.05, 0.1) is 5.56 Å². The third-order valence-corrected chi connectivity index (χ3v) is 3.78. The Morgan fingerprint density at radius 2 is 2.05 bits per heavy atom. The molecule has 0 saturated heterocycles. The van der Waals surface area contributed by atoms with E-state index in [1.54, 1.807) is 0 Å². The topological polar surface area (TPSA) is 21.3 Å². The average molecular weight is 352 g/mol. The fourth-order valence-electron chi connectivity index (χ4n) is 1.77. The van der Waals surface area contributed by atoms with Gasteiger partial charge in [0.1, 0.15) is 0 Å². The van der Waals surface area contributed by atoms with Crippen LogP contribution in [-0.2, 0) is 10.9 Å². The van der Waals surface area contributed by atoms with E-state index < -0.39 is 11.7 Å². The van der Waals surface area contributed by atoms with Gasteiger partial charge in [0.25, 0.3) is 0 Å². The van der Waals surface area contributed by atoms with Gasteiger partial charge in [-0.2, -0.15) is 13.2 Å². The van der Waals surface area contributed by atoms with E-state index in [1.165, 1.54) is 18.9 Å². The van der Waals surface area contributed by atoms with Crippen LogP contribution in [0.5, 0.6) is 0 Å². The van der Waals surface area contributed by atoms with Crippen molar-refractivity contribution >= 4 is 21.6 Å². The van der Waals surface area contributed by atoms with Crippen molar-refractivity contribution in [3.05, 3.63) is 28.2 Å². The van der Waals surface area contributed by atoms with Crippen molar-refractivity contribution in [1.82, 2.24) is 0 Å². The highest BCUT2D eigenvalue weighted by Gasteiger charge is 2.30. The number of ether oxygens (including phenoxy) is 1. The molecule has 0 spiro atoms. The molecule has 0 atom stereocenters. The molecule has 2 rings (SSSR count). The molecule has 6 heteroatoms. The average Bonchev–Trinajstić information content (AvgIpc) is 3.18. The first kappa shape index (κ1) is 15.6. The number of rotatable bonds is 7. The van der Waals surface area contributed by atoms with Crippen LogP contribution in [0.3, 0.4) is 0 Å². The summed E-state index contributed by atoms with van der Waals surface area (Å²) in [4.78, 5) is 0. The second kappa shape index (κ2) is 6.80. The zero-order chi connectivity index (χ0) is 14.6. The summed E-state index contributed by atoms with van der Waals surface area (Å²) >= 11 is 3.16. The number of halogens is 4. The van der Waals surface area contributed by atoms with Gasteiger partial charge < -0.3 is 10.1 Å². The number of anilines is 1. The molecule has 0 aromatic heterocycles. The van der Waals surface area contributed by atoms with Crippen LogP contribution in [0.25, 0.3) is 0 Å². The van der Waals surface area contributed by atoms with Crippen LogP contribution < -0.4 is 5.32 Å². The van der Waals surface area contributed by atoms with Gasteiger partial charge in [0.15, 0.2) is 0 Å². The molecule has 0 unspecified atom stereocenters. The molecule has 0 bridgehead atoms. The summed E-state index contributed by atoms with van der Waals surface area (Å²) in [6.45, 7) is 2.19. The van der Waals surface area contributed by atoms with Gasteiger partial charge in [-0.3, -0.25) is 0 Å². The molecule has 1 aliphatic carbocycles. The molecule has 1 fully saturated rings. The largest absolute Gasteiger partial charge is 0.416 e. The van der Waals surface area contributed by atoms with E-state index in [0.29, 0.717) is 23.3 Å². The minimum atomic E-state index is -4.31. The Bertz CT molecular complexity index is 447. The quantitative estimate of drug-likeness (QED) is 0.719. The van der Waals surface area contributed by atoms with Crippen molar-refractivity contribution in [3.63, 3.8) is 0 Å². The van der Waals surface area contributed by atoms with E-state index in [9.17, 15) is 13.2 Å². The van der Waals surface area contributed by atoms with Crippen LogP contribution in [0.4, 0.5) is 18.9 Å². The van der Waals surface area contributed by atoms with Gasteiger partial charge in [-0.1, -0.05) is 0 Å². The van der Waals surface area contributed by atoms with Gasteiger partial charge >= 0.3 is 6.18 Å². The maximum absolute atomic E-state index is 12.5. The van der Waals surface area contributed by atoms with Crippen molar-refractivity contribution in [2.24, 2.45) is 5.92 Å². The number of hydrogen-bond donors (Lipinski definition) is 1. The van der Waals surface area contributed by atoms with Crippen LogP contribution in [0, 0.1) is 5.92 Å². The number of nitrogens with one attached hydrogen (secondary N) is 1. The molecule has 2 nitrogen and oxygen atoms in total. The first-order valence-corrected chi connectivity index (χ1v) is 7.44. The van der Waals surface area contributed by atoms with Crippen molar-refractivity contribution < 1.29 is 17.9 Å². The SMILES string of the molecule is FC(F)(F)c1ccc(NCCCOCC2CC2)c(Br)c1. The molecular formula is C14H17BrF3NO. The van der Waals surface area contributed by atoms with E-state index in [2.05, 4.69) is 21.2 Å². The molecule has 0 radical (unpaired) electrons. The number of alkyl halides is 3. The van der Waals surface area contributed by atoms with Crippen LogP contribution in [0.1, 0.15) is 24.8 Å². The third-order valence-electron chi connectivity index (χ3n) is 3.13. The second-order valence-electron chi connectivity index (χ2n) is 4.99. The molecule has 20 heavy (non-hydrogen) atoms. The van der Waals surface area contributed by atoms with E-state index in [4.69, 9.17) is 4.74 Å². The first-order valence-electron chi connectivity index (χ1n) is 6.65. The van der Waals surface area contributed by atoms with Crippen molar-refractivity contribution in [3.8, 4) is 0 Å². The Kier molecular flexibility index (Phi) is 5.32. The highest BCUT2D eigenvalue weighted by molar-refractivity contribution is 9.10. The lowest BCUT2D eigenvalue weighted by molar-refractivity contribution is -0.137. The highest BCUT2D eigenvalue weighted by atomic mass is 79.9.